The third kappa shape index (κ3) is 3.66. The number of carbonyl (C=O) groups is 1. The second-order valence-corrected chi connectivity index (χ2v) is 5.37. The molecule has 0 atom stereocenters. The number of para-hydroxylation sites is 1. The summed E-state index contributed by atoms with van der Waals surface area (Å²) in [6.07, 6.45) is -4.82. The number of hydrogen-bond acceptors (Lipinski definition) is 4. The normalized spacial score (nSPS) is 11.4. The molecule has 26 heavy (non-hydrogen) atoms. The topological polar surface area (TPSA) is 83.0 Å². The van der Waals surface area contributed by atoms with Crippen molar-refractivity contribution in [3.63, 3.8) is 0 Å². The molecular formula is C17H13F3N4O2. The summed E-state index contributed by atoms with van der Waals surface area (Å²) >= 11 is 0. The Morgan fingerprint density at radius 1 is 1.15 bits per heavy atom. The molecule has 0 aliphatic rings. The van der Waals surface area contributed by atoms with Crippen molar-refractivity contribution in [3.8, 4) is 22.8 Å². The van der Waals surface area contributed by atoms with Gasteiger partial charge in [0, 0.05) is 11.3 Å². The number of pyridine rings is 1. The monoisotopic (exact) mass is 362 g/mol. The number of nitrogens with two attached hydrogens (primary N) is 1. The standard InChI is InChI=1S/C17H13F3N4O2/c1-10-9-13(16(21)25)23-24(10)15-8-4-6-12(22-15)11-5-2-3-7-14(11)26-17(18,19)20/h2-9H,1H3,(H2,21,25). The lowest BCUT2D eigenvalue weighted by atomic mass is 10.1. The van der Waals surface area contributed by atoms with Gasteiger partial charge in [-0.3, -0.25) is 4.79 Å². The van der Waals surface area contributed by atoms with E-state index in [0.717, 1.165) is 0 Å². The van der Waals surface area contributed by atoms with Crippen LogP contribution in [0.5, 0.6) is 5.75 Å². The van der Waals surface area contributed by atoms with Crippen molar-refractivity contribution in [1.29, 1.82) is 0 Å². The number of amides is 1. The SMILES string of the molecule is Cc1cc(C(N)=O)nn1-c1cccc(-c2ccccc2OC(F)(F)F)n1. The number of benzene rings is 1. The van der Waals surface area contributed by atoms with Crippen LogP contribution in [-0.2, 0) is 0 Å². The summed E-state index contributed by atoms with van der Waals surface area (Å²) in [6.45, 7) is 1.70. The van der Waals surface area contributed by atoms with E-state index in [4.69, 9.17) is 5.73 Å². The van der Waals surface area contributed by atoms with Crippen LogP contribution >= 0.6 is 0 Å². The van der Waals surface area contributed by atoms with Crippen LogP contribution in [0, 0.1) is 6.92 Å². The van der Waals surface area contributed by atoms with Gasteiger partial charge in [0.2, 0.25) is 0 Å². The van der Waals surface area contributed by atoms with Gasteiger partial charge in [-0.05, 0) is 37.3 Å². The molecule has 0 radical (unpaired) electrons. The zero-order valence-electron chi connectivity index (χ0n) is 13.5. The van der Waals surface area contributed by atoms with Gasteiger partial charge in [0.25, 0.3) is 5.91 Å². The zero-order valence-corrected chi connectivity index (χ0v) is 13.5. The predicted octanol–water partition coefficient (Wildman–Crippen LogP) is 3.24. The van der Waals surface area contributed by atoms with Crippen LogP contribution in [0.3, 0.4) is 0 Å². The van der Waals surface area contributed by atoms with E-state index in [-0.39, 0.29) is 22.7 Å². The highest BCUT2D eigenvalue weighted by Crippen LogP contribution is 2.33. The first-order valence-corrected chi connectivity index (χ1v) is 7.43. The van der Waals surface area contributed by atoms with Crippen molar-refractivity contribution in [2.24, 2.45) is 5.73 Å². The summed E-state index contributed by atoms with van der Waals surface area (Å²) < 4.78 is 43.3. The molecule has 0 fully saturated rings. The second-order valence-electron chi connectivity index (χ2n) is 5.37. The fraction of sp³-hybridized carbons (Fsp3) is 0.118. The highest BCUT2D eigenvalue weighted by atomic mass is 19.4. The number of rotatable bonds is 4. The molecule has 3 rings (SSSR count). The first-order valence-electron chi connectivity index (χ1n) is 7.43. The van der Waals surface area contributed by atoms with Crippen LogP contribution in [0.25, 0.3) is 17.1 Å². The van der Waals surface area contributed by atoms with Crippen LogP contribution in [0.2, 0.25) is 0 Å². The molecule has 0 spiro atoms. The minimum atomic E-state index is -4.82. The van der Waals surface area contributed by atoms with E-state index in [2.05, 4.69) is 14.8 Å². The van der Waals surface area contributed by atoms with Gasteiger partial charge in [-0.2, -0.15) is 5.10 Å². The summed E-state index contributed by atoms with van der Waals surface area (Å²) in [5.41, 5.74) is 6.32. The molecule has 9 heteroatoms. The largest absolute Gasteiger partial charge is 0.573 e. The van der Waals surface area contributed by atoms with Crippen molar-refractivity contribution >= 4 is 5.91 Å². The van der Waals surface area contributed by atoms with Gasteiger partial charge in [-0.25, -0.2) is 9.67 Å². The van der Waals surface area contributed by atoms with E-state index in [1.165, 1.54) is 28.9 Å². The third-order valence-electron chi connectivity index (χ3n) is 3.48. The number of alkyl halides is 3. The van der Waals surface area contributed by atoms with Gasteiger partial charge in [0.1, 0.15) is 5.75 Å². The third-order valence-corrected chi connectivity index (χ3v) is 3.48. The van der Waals surface area contributed by atoms with E-state index < -0.39 is 12.3 Å². The van der Waals surface area contributed by atoms with Gasteiger partial charge >= 0.3 is 6.36 Å². The Hall–Kier alpha value is -3.36. The van der Waals surface area contributed by atoms with Crippen LogP contribution in [0.1, 0.15) is 16.2 Å². The van der Waals surface area contributed by atoms with Crippen molar-refractivity contribution in [2.75, 3.05) is 0 Å². The predicted molar refractivity (Wildman–Crippen MR) is 86.7 cm³/mol. The van der Waals surface area contributed by atoms with Crippen LogP contribution in [0.4, 0.5) is 13.2 Å². The van der Waals surface area contributed by atoms with Crippen molar-refractivity contribution in [1.82, 2.24) is 14.8 Å². The summed E-state index contributed by atoms with van der Waals surface area (Å²) in [5, 5.41) is 4.06. The Morgan fingerprint density at radius 3 is 2.54 bits per heavy atom. The lowest BCUT2D eigenvalue weighted by molar-refractivity contribution is -0.274. The number of primary amides is 1. The number of carbonyl (C=O) groups excluding carboxylic acids is 1. The van der Waals surface area contributed by atoms with Gasteiger partial charge < -0.3 is 10.5 Å². The number of nitrogens with zero attached hydrogens (tertiary/aromatic N) is 3. The van der Waals surface area contributed by atoms with Gasteiger partial charge in [-0.15, -0.1) is 13.2 Å². The molecule has 0 saturated heterocycles. The summed E-state index contributed by atoms with van der Waals surface area (Å²) in [6, 6.07) is 12.0. The Bertz CT molecular complexity index is 967. The number of halogens is 3. The van der Waals surface area contributed by atoms with Gasteiger partial charge in [0.15, 0.2) is 11.5 Å². The van der Waals surface area contributed by atoms with Crippen LogP contribution in [0.15, 0.2) is 48.5 Å². The summed E-state index contributed by atoms with van der Waals surface area (Å²) in [4.78, 5) is 15.6. The van der Waals surface area contributed by atoms with Crippen LogP contribution in [-0.4, -0.2) is 27.0 Å². The average molecular weight is 362 g/mol. The Balaban J connectivity index is 2.05. The maximum atomic E-state index is 12.6. The van der Waals surface area contributed by atoms with E-state index in [9.17, 15) is 18.0 Å². The lowest BCUT2D eigenvalue weighted by Crippen LogP contribution is -2.17. The summed E-state index contributed by atoms with van der Waals surface area (Å²) in [7, 11) is 0. The first-order chi connectivity index (χ1) is 12.2. The second kappa shape index (κ2) is 6.51. The van der Waals surface area contributed by atoms with Crippen molar-refractivity contribution in [2.45, 2.75) is 13.3 Å². The molecule has 1 aromatic carbocycles. The highest BCUT2D eigenvalue weighted by molar-refractivity contribution is 5.90. The molecule has 0 bridgehead atoms. The molecule has 0 aliphatic carbocycles. The average Bonchev–Trinajstić information content (AvgIpc) is 2.96. The van der Waals surface area contributed by atoms with Crippen molar-refractivity contribution in [3.05, 3.63) is 59.9 Å². The molecule has 2 N–H and O–H groups in total. The molecule has 0 aliphatic heterocycles. The van der Waals surface area contributed by atoms with E-state index in [0.29, 0.717) is 11.5 Å². The molecule has 1 amide bonds. The smallest absolute Gasteiger partial charge is 0.405 e. The number of hydrogen-bond donors (Lipinski definition) is 1. The summed E-state index contributed by atoms with van der Waals surface area (Å²) in [5.74, 6) is -0.721. The fourth-order valence-electron chi connectivity index (χ4n) is 2.41. The molecule has 6 nitrogen and oxygen atoms in total. The quantitative estimate of drug-likeness (QED) is 0.772. The number of aryl methyl sites for hydroxylation is 1. The van der Waals surface area contributed by atoms with E-state index in [1.807, 2.05) is 0 Å². The fourth-order valence-corrected chi connectivity index (χ4v) is 2.41. The molecular weight excluding hydrogens is 349 g/mol. The Morgan fingerprint density at radius 2 is 1.88 bits per heavy atom. The molecule has 3 aromatic rings. The minimum Gasteiger partial charge on any atom is -0.405 e. The number of ether oxygens (including phenoxy) is 1. The van der Waals surface area contributed by atoms with Crippen molar-refractivity contribution < 1.29 is 22.7 Å². The minimum absolute atomic E-state index is 0.0653. The molecule has 2 heterocycles. The highest BCUT2D eigenvalue weighted by Gasteiger charge is 2.32. The maximum Gasteiger partial charge on any atom is 0.573 e. The number of aromatic nitrogens is 3. The Kier molecular flexibility index (Phi) is 4.37. The van der Waals surface area contributed by atoms with Crippen LogP contribution < -0.4 is 10.5 Å². The van der Waals surface area contributed by atoms with Gasteiger partial charge in [0.05, 0.1) is 5.69 Å². The van der Waals surface area contributed by atoms with Gasteiger partial charge in [-0.1, -0.05) is 18.2 Å². The molecule has 134 valence electrons. The van der Waals surface area contributed by atoms with E-state index in [1.54, 1.807) is 31.2 Å². The zero-order chi connectivity index (χ0) is 18.9. The van der Waals surface area contributed by atoms with E-state index >= 15 is 0 Å². The maximum absolute atomic E-state index is 12.6. The molecule has 2 aromatic heterocycles. The first kappa shape index (κ1) is 17.5. The lowest BCUT2D eigenvalue weighted by Gasteiger charge is -2.13. The Labute approximate surface area is 146 Å². The molecule has 0 unspecified atom stereocenters. The molecule has 0 saturated carbocycles.